The van der Waals surface area contributed by atoms with Gasteiger partial charge in [0.25, 0.3) is 5.91 Å². The zero-order valence-corrected chi connectivity index (χ0v) is 19.4. The monoisotopic (exact) mass is 446 g/mol. The third kappa shape index (κ3) is 4.24. The minimum Gasteiger partial charge on any atom is -0.348 e. The average Bonchev–Trinajstić information content (AvgIpc) is 2.67. The fraction of sp³-hybridized carbons (Fsp3) is 0.478. The Morgan fingerprint density at radius 2 is 1.61 bits per heavy atom. The highest BCUT2D eigenvalue weighted by Gasteiger charge is 2.22. The molecule has 0 atom stereocenters. The Balaban J connectivity index is 2.62. The number of hydrogen-bond acceptors (Lipinski definition) is 2. The average molecular weight is 447 g/mol. The number of hydrogen-bond donors (Lipinski definition) is 1. The van der Waals surface area contributed by atoms with Crippen molar-refractivity contribution in [1.29, 1.82) is 0 Å². The summed E-state index contributed by atoms with van der Waals surface area (Å²) in [6, 6.07) is 4.06. The quantitative estimate of drug-likeness (QED) is 0.603. The maximum Gasteiger partial charge on any atom is 0.261 e. The molecule has 152 valence electrons. The maximum absolute atomic E-state index is 13.2. The summed E-state index contributed by atoms with van der Waals surface area (Å²) in [6.45, 7) is 12.8. The smallest absolute Gasteiger partial charge is 0.261 e. The van der Waals surface area contributed by atoms with E-state index in [1.807, 2.05) is 26.0 Å². The van der Waals surface area contributed by atoms with Crippen LogP contribution in [0, 0.1) is 13.8 Å². The lowest BCUT2D eigenvalue weighted by molar-refractivity contribution is 0.102. The molecule has 28 heavy (non-hydrogen) atoms. The van der Waals surface area contributed by atoms with Crippen LogP contribution < -0.4 is 10.7 Å². The number of rotatable bonds is 7. The molecule has 4 nitrogen and oxygen atoms in total. The molecule has 0 unspecified atom stereocenters. The molecule has 1 amide bonds. The number of carbonyl (C=O) groups is 1. The minimum absolute atomic E-state index is 0.160. The van der Waals surface area contributed by atoms with Gasteiger partial charge in [0.2, 0.25) is 0 Å². The van der Waals surface area contributed by atoms with Crippen LogP contribution >= 0.6 is 15.9 Å². The van der Waals surface area contributed by atoms with E-state index in [0.29, 0.717) is 5.56 Å². The molecule has 1 aromatic heterocycles. The predicted octanol–water partition coefficient (Wildman–Crippen LogP) is 5.58. The first kappa shape index (κ1) is 22.4. The van der Waals surface area contributed by atoms with Crippen molar-refractivity contribution in [2.75, 3.05) is 5.32 Å². The van der Waals surface area contributed by atoms with Gasteiger partial charge in [0, 0.05) is 33.7 Å². The van der Waals surface area contributed by atoms with E-state index >= 15 is 0 Å². The molecule has 0 spiro atoms. The van der Waals surface area contributed by atoms with Gasteiger partial charge in [-0.2, -0.15) is 0 Å². The van der Waals surface area contributed by atoms with Crippen LogP contribution in [0.1, 0.15) is 72.6 Å². The lowest BCUT2D eigenvalue weighted by atomic mass is 10.0. The Morgan fingerprint density at radius 1 is 1.04 bits per heavy atom. The third-order valence-corrected chi connectivity index (χ3v) is 5.83. The second-order valence-electron chi connectivity index (χ2n) is 7.13. The van der Waals surface area contributed by atoms with E-state index < -0.39 is 0 Å². The standard InChI is InChI=1S/C23H31BrN2O2/c1-7-11-26-15(6)20(22(27)14(5)19(26)10-4)23(28)25-21-16(8-2)12-18(24)13-17(21)9-3/h12-13H,7-11H2,1-6H3,(H,25,28). The second kappa shape index (κ2) is 9.55. The van der Waals surface area contributed by atoms with E-state index in [9.17, 15) is 9.59 Å². The van der Waals surface area contributed by atoms with Crippen molar-refractivity contribution in [3.63, 3.8) is 0 Å². The van der Waals surface area contributed by atoms with Gasteiger partial charge in [0.1, 0.15) is 5.56 Å². The minimum atomic E-state index is -0.315. The Bertz CT molecular complexity index is 920. The zero-order valence-electron chi connectivity index (χ0n) is 17.8. The van der Waals surface area contributed by atoms with Crippen molar-refractivity contribution in [2.24, 2.45) is 0 Å². The normalized spacial score (nSPS) is 11.0. The molecule has 2 aromatic rings. The molecule has 0 saturated heterocycles. The molecular weight excluding hydrogens is 416 g/mol. The van der Waals surface area contributed by atoms with Crippen LogP contribution in [0.5, 0.6) is 0 Å². The van der Waals surface area contributed by atoms with Gasteiger partial charge in [-0.15, -0.1) is 0 Å². The van der Waals surface area contributed by atoms with Crippen LogP contribution in [0.3, 0.4) is 0 Å². The number of aromatic nitrogens is 1. The van der Waals surface area contributed by atoms with Crippen LogP contribution in [0.4, 0.5) is 5.69 Å². The summed E-state index contributed by atoms with van der Waals surface area (Å²) in [6.07, 6.45) is 3.32. The molecule has 1 N–H and O–H groups in total. The first-order valence-electron chi connectivity index (χ1n) is 10.2. The topological polar surface area (TPSA) is 51.1 Å². The largest absolute Gasteiger partial charge is 0.348 e. The van der Waals surface area contributed by atoms with Gasteiger partial charge in [-0.25, -0.2) is 0 Å². The van der Waals surface area contributed by atoms with Crippen LogP contribution in [-0.4, -0.2) is 10.5 Å². The molecule has 1 aromatic carbocycles. The number of benzene rings is 1. The molecule has 0 aliphatic rings. The molecule has 0 bridgehead atoms. The summed E-state index contributed by atoms with van der Waals surface area (Å²) in [5, 5.41) is 3.07. The number of amides is 1. The maximum atomic E-state index is 13.2. The highest BCUT2D eigenvalue weighted by molar-refractivity contribution is 9.10. The van der Waals surface area contributed by atoms with Gasteiger partial charge in [0.05, 0.1) is 0 Å². The zero-order chi connectivity index (χ0) is 21.0. The SMILES string of the molecule is CCCn1c(C)c(C(=O)Nc2c(CC)cc(Br)cc2CC)c(=O)c(C)c1CC. The van der Waals surface area contributed by atoms with E-state index in [1.165, 1.54) is 0 Å². The third-order valence-electron chi connectivity index (χ3n) is 5.37. The molecule has 2 rings (SSSR count). The van der Waals surface area contributed by atoms with Crippen molar-refractivity contribution in [2.45, 2.75) is 73.8 Å². The van der Waals surface area contributed by atoms with Crippen LogP contribution in [0.2, 0.25) is 0 Å². The van der Waals surface area contributed by atoms with E-state index in [0.717, 1.165) is 64.9 Å². The van der Waals surface area contributed by atoms with Crippen molar-refractivity contribution in [1.82, 2.24) is 4.57 Å². The van der Waals surface area contributed by atoms with E-state index in [4.69, 9.17) is 0 Å². The van der Waals surface area contributed by atoms with Gasteiger partial charge < -0.3 is 9.88 Å². The molecule has 0 fully saturated rings. The molecular formula is C23H31BrN2O2. The number of aryl methyl sites for hydroxylation is 2. The van der Waals surface area contributed by atoms with E-state index in [-0.39, 0.29) is 16.9 Å². The molecule has 0 saturated carbocycles. The number of nitrogens with one attached hydrogen (secondary N) is 1. The summed E-state index contributed by atoms with van der Waals surface area (Å²) >= 11 is 3.55. The van der Waals surface area contributed by atoms with Crippen molar-refractivity contribution >= 4 is 27.5 Å². The fourth-order valence-electron chi connectivity index (χ4n) is 3.89. The first-order valence-corrected chi connectivity index (χ1v) is 10.9. The summed E-state index contributed by atoms with van der Waals surface area (Å²) in [7, 11) is 0. The molecule has 0 aliphatic heterocycles. The lowest BCUT2D eigenvalue weighted by Crippen LogP contribution is -2.30. The van der Waals surface area contributed by atoms with E-state index in [2.05, 4.69) is 53.5 Å². The molecule has 1 heterocycles. The van der Waals surface area contributed by atoms with Crippen LogP contribution in [0.25, 0.3) is 0 Å². The fourth-order valence-corrected chi connectivity index (χ4v) is 4.44. The van der Waals surface area contributed by atoms with Gasteiger partial charge in [-0.3, -0.25) is 9.59 Å². The van der Waals surface area contributed by atoms with Gasteiger partial charge in [-0.1, -0.05) is 43.6 Å². The summed E-state index contributed by atoms with van der Waals surface area (Å²) in [4.78, 5) is 26.3. The summed E-state index contributed by atoms with van der Waals surface area (Å²) < 4.78 is 3.14. The summed E-state index contributed by atoms with van der Waals surface area (Å²) in [5.41, 5.74) is 5.50. The van der Waals surface area contributed by atoms with Crippen molar-refractivity contribution in [3.05, 3.63) is 60.5 Å². The predicted molar refractivity (Wildman–Crippen MR) is 121 cm³/mol. The Morgan fingerprint density at radius 3 is 2.07 bits per heavy atom. The second-order valence-corrected chi connectivity index (χ2v) is 8.04. The van der Waals surface area contributed by atoms with Gasteiger partial charge in [-0.05, 0) is 62.8 Å². The number of pyridine rings is 1. The molecule has 0 radical (unpaired) electrons. The Kier molecular flexibility index (Phi) is 7.64. The van der Waals surface area contributed by atoms with Gasteiger partial charge in [0.15, 0.2) is 5.43 Å². The molecule has 5 heteroatoms. The van der Waals surface area contributed by atoms with Gasteiger partial charge >= 0.3 is 0 Å². The van der Waals surface area contributed by atoms with Crippen molar-refractivity contribution in [3.8, 4) is 0 Å². The van der Waals surface area contributed by atoms with Crippen LogP contribution in [0.15, 0.2) is 21.4 Å². The number of carbonyl (C=O) groups excluding carboxylic acids is 1. The molecule has 0 aliphatic carbocycles. The lowest BCUT2D eigenvalue weighted by Gasteiger charge is -2.21. The highest BCUT2D eigenvalue weighted by Crippen LogP contribution is 2.28. The number of anilines is 1. The van der Waals surface area contributed by atoms with Crippen LogP contribution in [-0.2, 0) is 25.8 Å². The summed E-state index contributed by atoms with van der Waals surface area (Å²) in [5.74, 6) is -0.315. The highest BCUT2D eigenvalue weighted by atomic mass is 79.9. The number of halogens is 1. The number of nitrogens with zero attached hydrogens (tertiary/aromatic N) is 1. The first-order chi connectivity index (χ1) is 13.3. The van der Waals surface area contributed by atoms with Crippen molar-refractivity contribution < 1.29 is 4.79 Å². The Labute approximate surface area is 176 Å². The van der Waals surface area contributed by atoms with E-state index in [1.54, 1.807) is 0 Å². The Hall–Kier alpha value is -1.88.